The van der Waals surface area contributed by atoms with E-state index in [9.17, 15) is 9.59 Å². The lowest BCUT2D eigenvalue weighted by Crippen LogP contribution is -2.53. The maximum atomic E-state index is 13.0. The van der Waals surface area contributed by atoms with E-state index < -0.39 is 0 Å². The van der Waals surface area contributed by atoms with Gasteiger partial charge >= 0.3 is 0 Å². The number of methoxy groups -OCH3 is 1. The van der Waals surface area contributed by atoms with Crippen molar-refractivity contribution in [3.63, 3.8) is 0 Å². The highest BCUT2D eigenvalue weighted by atomic mass is 16.5. The number of hydrogen-bond acceptors (Lipinski definition) is 4. The molecule has 0 radical (unpaired) electrons. The Labute approximate surface area is 176 Å². The van der Waals surface area contributed by atoms with E-state index in [1.165, 1.54) is 19.3 Å². The summed E-state index contributed by atoms with van der Waals surface area (Å²) in [5.41, 5.74) is 1.39. The summed E-state index contributed by atoms with van der Waals surface area (Å²) in [5, 5.41) is 6.93. The number of nitrogens with zero attached hydrogens (tertiary/aromatic N) is 1. The molecule has 4 saturated carbocycles. The number of hydrogen-bond donors (Lipinski definition) is 2. The molecule has 6 rings (SSSR count). The lowest BCUT2D eigenvalue weighted by molar-refractivity contribution is -0.146. The number of aromatic nitrogens is 1. The van der Waals surface area contributed by atoms with Crippen LogP contribution in [0.15, 0.2) is 30.3 Å². The number of ether oxygens (including phenoxy) is 1. The van der Waals surface area contributed by atoms with Crippen LogP contribution in [0.1, 0.15) is 44.9 Å². The molecule has 6 nitrogen and oxygen atoms in total. The number of nitrogens with one attached hydrogen (secondary N) is 2. The maximum absolute atomic E-state index is 13.0. The average Bonchev–Trinajstić information content (AvgIpc) is 2.72. The topological polar surface area (TPSA) is 80.3 Å². The molecule has 2 N–H and O–H groups in total. The van der Waals surface area contributed by atoms with Gasteiger partial charge in [0, 0.05) is 35.5 Å². The Morgan fingerprint density at radius 3 is 2.43 bits per heavy atom. The van der Waals surface area contributed by atoms with Gasteiger partial charge < -0.3 is 15.4 Å². The van der Waals surface area contributed by atoms with E-state index in [2.05, 4.69) is 15.6 Å². The highest BCUT2D eigenvalue weighted by Crippen LogP contribution is 2.60. The number of fused-ring (bicyclic) bond motifs is 1. The van der Waals surface area contributed by atoms with Gasteiger partial charge in [0.25, 0.3) is 0 Å². The van der Waals surface area contributed by atoms with Gasteiger partial charge in [-0.15, -0.1) is 0 Å². The summed E-state index contributed by atoms with van der Waals surface area (Å²) in [6, 6.07) is 9.31. The van der Waals surface area contributed by atoms with E-state index in [1.807, 2.05) is 24.3 Å². The van der Waals surface area contributed by atoms with Gasteiger partial charge in [-0.1, -0.05) is 0 Å². The van der Waals surface area contributed by atoms with Crippen molar-refractivity contribution in [2.75, 3.05) is 19.0 Å². The molecular formula is C24H29N3O3. The molecule has 1 aromatic heterocycles. The first-order valence-electron chi connectivity index (χ1n) is 11.1. The van der Waals surface area contributed by atoms with E-state index in [0.717, 1.165) is 53.6 Å². The van der Waals surface area contributed by atoms with Crippen LogP contribution in [0.25, 0.3) is 10.9 Å². The van der Waals surface area contributed by atoms with Crippen molar-refractivity contribution in [3.05, 3.63) is 30.3 Å². The monoisotopic (exact) mass is 407 g/mol. The van der Waals surface area contributed by atoms with Crippen molar-refractivity contribution in [2.24, 2.45) is 23.2 Å². The van der Waals surface area contributed by atoms with Gasteiger partial charge in [0.15, 0.2) is 0 Å². The molecule has 30 heavy (non-hydrogen) atoms. The first-order chi connectivity index (χ1) is 14.5. The molecule has 4 fully saturated rings. The zero-order valence-corrected chi connectivity index (χ0v) is 17.4. The molecule has 2 amide bonds. The van der Waals surface area contributed by atoms with Crippen molar-refractivity contribution in [1.29, 1.82) is 0 Å². The minimum absolute atomic E-state index is 0.0957. The molecule has 6 heteroatoms. The van der Waals surface area contributed by atoms with Crippen molar-refractivity contribution in [2.45, 2.75) is 44.9 Å². The standard InChI is InChI=1S/C24H29N3O3/c1-30-22-5-2-18-11-19(3-4-20(18)27-22)26-21(28)6-7-25-23(29)24-12-15-8-16(13-24)10-17(9-15)14-24/h2-5,11,15-17H,6-10,12-14H2,1H3,(H,25,29)(H,26,28). The van der Waals surface area contributed by atoms with E-state index in [0.29, 0.717) is 12.4 Å². The molecule has 0 aliphatic heterocycles. The van der Waals surface area contributed by atoms with Crippen molar-refractivity contribution in [1.82, 2.24) is 10.3 Å². The Morgan fingerprint density at radius 2 is 1.77 bits per heavy atom. The molecule has 158 valence electrons. The number of anilines is 1. The number of rotatable bonds is 6. The number of pyridine rings is 1. The summed E-state index contributed by atoms with van der Waals surface area (Å²) in [6.07, 6.45) is 7.39. The third-order valence-corrected chi connectivity index (χ3v) is 7.31. The number of carbonyl (C=O) groups is 2. The lowest BCUT2D eigenvalue weighted by atomic mass is 9.49. The molecule has 4 bridgehead atoms. The first kappa shape index (κ1) is 19.3. The minimum atomic E-state index is -0.155. The third kappa shape index (κ3) is 3.64. The molecule has 4 aliphatic carbocycles. The van der Waals surface area contributed by atoms with Gasteiger partial charge in [0.05, 0.1) is 12.6 Å². The van der Waals surface area contributed by atoms with Crippen LogP contribution in [0.2, 0.25) is 0 Å². The Morgan fingerprint density at radius 1 is 1.07 bits per heavy atom. The minimum Gasteiger partial charge on any atom is -0.481 e. The lowest BCUT2D eigenvalue weighted by Gasteiger charge is -2.55. The summed E-state index contributed by atoms with van der Waals surface area (Å²) < 4.78 is 5.14. The maximum Gasteiger partial charge on any atom is 0.226 e. The molecule has 1 heterocycles. The normalized spacial score (nSPS) is 29.0. The van der Waals surface area contributed by atoms with E-state index in [4.69, 9.17) is 4.74 Å². The van der Waals surface area contributed by atoms with E-state index in [-0.39, 0.29) is 23.7 Å². The molecule has 0 spiro atoms. The third-order valence-electron chi connectivity index (χ3n) is 7.31. The van der Waals surface area contributed by atoms with Gasteiger partial charge in [-0.3, -0.25) is 9.59 Å². The molecule has 0 saturated heterocycles. The second-order valence-electron chi connectivity index (χ2n) is 9.51. The molecular weight excluding hydrogens is 378 g/mol. The van der Waals surface area contributed by atoms with Crippen molar-refractivity contribution >= 4 is 28.4 Å². The van der Waals surface area contributed by atoms with Gasteiger partial charge in [-0.05, 0) is 80.5 Å². The SMILES string of the molecule is COc1ccc2cc(NC(=O)CCNC(=O)C34CC5CC(CC(C5)C3)C4)ccc2n1. The summed E-state index contributed by atoms with van der Waals surface area (Å²) in [5.74, 6) is 2.88. The molecule has 4 aliphatic rings. The number of carbonyl (C=O) groups excluding carboxylic acids is 2. The summed E-state index contributed by atoms with van der Waals surface area (Å²) >= 11 is 0. The molecule has 2 aromatic rings. The van der Waals surface area contributed by atoms with Crippen LogP contribution in [0, 0.1) is 23.2 Å². The zero-order valence-electron chi connectivity index (χ0n) is 17.4. The molecule has 0 unspecified atom stereocenters. The predicted molar refractivity (Wildman–Crippen MR) is 115 cm³/mol. The van der Waals surface area contributed by atoms with Gasteiger partial charge in [-0.2, -0.15) is 0 Å². The van der Waals surface area contributed by atoms with E-state index in [1.54, 1.807) is 13.2 Å². The smallest absolute Gasteiger partial charge is 0.226 e. The van der Waals surface area contributed by atoms with Crippen LogP contribution in [0.5, 0.6) is 5.88 Å². The summed E-state index contributed by atoms with van der Waals surface area (Å²) in [7, 11) is 1.59. The summed E-state index contributed by atoms with van der Waals surface area (Å²) in [6.45, 7) is 0.388. The first-order valence-corrected chi connectivity index (χ1v) is 11.1. The van der Waals surface area contributed by atoms with Crippen LogP contribution in [0.3, 0.4) is 0 Å². The average molecular weight is 408 g/mol. The Kier molecular flexibility index (Phi) is 4.88. The quantitative estimate of drug-likeness (QED) is 0.761. The van der Waals surface area contributed by atoms with Gasteiger partial charge in [0.2, 0.25) is 17.7 Å². The van der Waals surface area contributed by atoms with Crippen LogP contribution in [0.4, 0.5) is 5.69 Å². The van der Waals surface area contributed by atoms with Crippen molar-refractivity contribution < 1.29 is 14.3 Å². The fraction of sp³-hybridized carbons (Fsp3) is 0.542. The zero-order chi connectivity index (χ0) is 20.7. The Hall–Kier alpha value is -2.63. The second-order valence-corrected chi connectivity index (χ2v) is 9.51. The van der Waals surface area contributed by atoms with Crippen LogP contribution in [-0.2, 0) is 9.59 Å². The second kappa shape index (κ2) is 7.56. The largest absolute Gasteiger partial charge is 0.481 e. The fourth-order valence-corrected chi connectivity index (χ4v) is 6.39. The van der Waals surface area contributed by atoms with Crippen LogP contribution >= 0.6 is 0 Å². The van der Waals surface area contributed by atoms with Gasteiger partial charge in [0.1, 0.15) is 0 Å². The molecule has 1 aromatic carbocycles. The highest BCUT2D eigenvalue weighted by molar-refractivity contribution is 5.94. The van der Waals surface area contributed by atoms with E-state index >= 15 is 0 Å². The molecule has 0 atom stereocenters. The van der Waals surface area contributed by atoms with Gasteiger partial charge in [-0.25, -0.2) is 4.98 Å². The number of benzene rings is 1. The predicted octanol–water partition coefficient (Wildman–Crippen LogP) is 3.90. The number of amides is 2. The van der Waals surface area contributed by atoms with Crippen molar-refractivity contribution in [3.8, 4) is 5.88 Å². The van der Waals surface area contributed by atoms with Crippen LogP contribution in [-0.4, -0.2) is 30.5 Å². The summed E-state index contributed by atoms with van der Waals surface area (Å²) in [4.78, 5) is 29.7. The fourth-order valence-electron chi connectivity index (χ4n) is 6.39. The Bertz CT molecular complexity index is 952. The Balaban J connectivity index is 1.14. The highest BCUT2D eigenvalue weighted by Gasteiger charge is 2.54. The van der Waals surface area contributed by atoms with Crippen LogP contribution < -0.4 is 15.4 Å².